The van der Waals surface area contributed by atoms with Crippen molar-refractivity contribution in [3.63, 3.8) is 0 Å². The number of carbonyl (C=O) groups is 1. The third-order valence-corrected chi connectivity index (χ3v) is 2.43. The number of hydrogen-bond acceptors (Lipinski definition) is 3. The number of halogens is 3. The van der Waals surface area contributed by atoms with Crippen LogP contribution in [0.25, 0.3) is 0 Å². The van der Waals surface area contributed by atoms with E-state index in [4.69, 9.17) is 0 Å². The van der Waals surface area contributed by atoms with Gasteiger partial charge in [-0.1, -0.05) is 0 Å². The molecule has 0 spiro atoms. The molecule has 6 heteroatoms. The summed E-state index contributed by atoms with van der Waals surface area (Å²) < 4.78 is 37.7. The molecule has 0 amide bonds. The predicted octanol–water partition coefficient (Wildman–Crippen LogP) is 3.04. The standard InChI is InChI=1S/C13H8F3NO2/c14-13(15,16)10-4-9(5-11(18)6-10)12(19)8-2-1-3-17-7-8/h1-7,18H. The molecule has 0 bridgehead atoms. The molecule has 2 rings (SSSR count). The SMILES string of the molecule is O=C(c1cccnc1)c1cc(O)cc(C(F)(F)F)c1. The second kappa shape index (κ2) is 4.72. The minimum Gasteiger partial charge on any atom is -0.508 e. The number of benzene rings is 1. The molecule has 0 atom stereocenters. The van der Waals surface area contributed by atoms with E-state index < -0.39 is 23.3 Å². The van der Waals surface area contributed by atoms with Gasteiger partial charge in [-0.15, -0.1) is 0 Å². The Kier molecular flexibility index (Phi) is 3.25. The number of ketones is 1. The lowest BCUT2D eigenvalue weighted by Crippen LogP contribution is -2.08. The van der Waals surface area contributed by atoms with Gasteiger partial charge in [0.2, 0.25) is 0 Å². The molecule has 1 heterocycles. The number of alkyl halides is 3. The first-order chi connectivity index (χ1) is 8.88. The molecular weight excluding hydrogens is 259 g/mol. The average molecular weight is 267 g/mol. The smallest absolute Gasteiger partial charge is 0.416 e. The molecule has 3 nitrogen and oxygen atoms in total. The second-order valence-electron chi connectivity index (χ2n) is 3.84. The van der Waals surface area contributed by atoms with Crippen molar-refractivity contribution in [3.8, 4) is 5.75 Å². The van der Waals surface area contributed by atoms with Crippen LogP contribution in [0.2, 0.25) is 0 Å². The van der Waals surface area contributed by atoms with Crippen molar-refractivity contribution in [1.82, 2.24) is 4.98 Å². The Morgan fingerprint density at radius 1 is 1.16 bits per heavy atom. The lowest BCUT2D eigenvalue weighted by atomic mass is 10.0. The van der Waals surface area contributed by atoms with Crippen molar-refractivity contribution in [2.75, 3.05) is 0 Å². The van der Waals surface area contributed by atoms with Crippen LogP contribution in [-0.2, 0) is 6.18 Å². The summed E-state index contributed by atoms with van der Waals surface area (Å²) in [5.41, 5.74) is -1.15. The van der Waals surface area contributed by atoms with E-state index in [9.17, 15) is 23.1 Å². The third kappa shape index (κ3) is 2.90. The van der Waals surface area contributed by atoms with Gasteiger partial charge in [0.05, 0.1) is 5.56 Å². The number of aromatic hydroxyl groups is 1. The van der Waals surface area contributed by atoms with Crippen LogP contribution in [0.5, 0.6) is 5.75 Å². The van der Waals surface area contributed by atoms with E-state index in [2.05, 4.69) is 4.98 Å². The summed E-state index contributed by atoms with van der Waals surface area (Å²) in [5, 5.41) is 9.29. The fraction of sp³-hybridized carbons (Fsp3) is 0.0769. The third-order valence-electron chi connectivity index (χ3n) is 2.43. The largest absolute Gasteiger partial charge is 0.508 e. The summed E-state index contributed by atoms with van der Waals surface area (Å²) in [6.45, 7) is 0. The lowest BCUT2D eigenvalue weighted by Gasteiger charge is -2.09. The van der Waals surface area contributed by atoms with Crippen molar-refractivity contribution in [2.24, 2.45) is 0 Å². The first-order valence-corrected chi connectivity index (χ1v) is 5.24. The number of rotatable bonds is 2. The van der Waals surface area contributed by atoms with Crippen molar-refractivity contribution in [1.29, 1.82) is 0 Å². The molecular formula is C13H8F3NO2. The van der Waals surface area contributed by atoms with Crippen LogP contribution in [-0.4, -0.2) is 15.9 Å². The van der Waals surface area contributed by atoms with Crippen molar-refractivity contribution in [2.45, 2.75) is 6.18 Å². The highest BCUT2D eigenvalue weighted by atomic mass is 19.4. The minimum absolute atomic E-state index is 0.154. The first-order valence-electron chi connectivity index (χ1n) is 5.24. The maximum Gasteiger partial charge on any atom is 0.416 e. The number of pyridine rings is 1. The van der Waals surface area contributed by atoms with Gasteiger partial charge in [-0.2, -0.15) is 13.2 Å². The number of nitrogens with zero attached hydrogens (tertiary/aromatic N) is 1. The first kappa shape index (κ1) is 13.1. The van der Waals surface area contributed by atoms with Crippen LogP contribution in [0.4, 0.5) is 13.2 Å². The van der Waals surface area contributed by atoms with Crippen LogP contribution < -0.4 is 0 Å². The molecule has 0 saturated heterocycles. The van der Waals surface area contributed by atoms with E-state index in [0.717, 1.165) is 6.07 Å². The molecule has 98 valence electrons. The molecule has 0 aliphatic carbocycles. The van der Waals surface area contributed by atoms with E-state index >= 15 is 0 Å². The normalized spacial score (nSPS) is 11.3. The van der Waals surface area contributed by atoms with Gasteiger partial charge >= 0.3 is 6.18 Å². The molecule has 1 aromatic heterocycles. The number of hydrogen-bond donors (Lipinski definition) is 1. The average Bonchev–Trinajstić information content (AvgIpc) is 2.37. The highest BCUT2D eigenvalue weighted by molar-refractivity contribution is 6.09. The van der Waals surface area contributed by atoms with Gasteiger partial charge in [0.15, 0.2) is 5.78 Å². The van der Waals surface area contributed by atoms with Crippen molar-refractivity contribution >= 4 is 5.78 Å². The molecule has 1 aromatic carbocycles. The molecule has 0 unspecified atom stereocenters. The monoisotopic (exact) mass is 267 g/mol. The molecule has 0 saturated carbocycles. The predicted molar refractivity (Wildman–Crippen MR) is 60.8 cm³/mol. The Morgan fingerprint density at radius 3 is 2.47 bits per heavy atom. The van der Waals surface area contributed by atoms with Gasteiger partial charge < -0.3 is 5.11 Å². The van der Waals surface area contributed by atoms with Gasteiger partial charge in [0, 0.05) is 23.5 Å². The number of phenols is 1. The van der Waals surface area contributed by atoms with E-state index in [-0.39, 0.29) is 11.1 Å². The van der Waals surface area contributed by atoms with Gasteiger partial charge in [0.25, 0.3) is 0 Å². The molecule has 19 heavy (non-hydrogen) atoms. The van der Waals surface area contributed by atoms with Crippen LogP contribution in [0.1, 0.15) is 21.5 Å². The van der Waals surface area contributed by atoms with E-state index in [1.165, 1.54) is 24.5 Å². The van der Waals surface area contributed by atoms with Crippen LogP contribution in [0, 0.1) is 0 Å². The Balaban J connectivity index is 2.46. The summed E-state index contributed by atoms with van der Waals surface area (Å²) in [7, 11) is 0. The number of carbonyl (C=O) groups excluding carboxylic acids is 1. The fourth-order valence-electron chi connectivity index (χ4n) is 1.57. The molecule has 0 aliphatic heterocycles. The van der Waals surface area contributed by atoms with Crippen molar-refractivity contribution < 1.29 is 23.1 Å². The quantitative estimate of drug-likeness (QED) is 0.851. The second-order valence-corrected chi connectivity index (χ2v) is 3.84. The van der Waals surface area contributed by atoms with E-state index in [1.54, 1.807) is 0 Å². The zero-order valence-electron chi connectivity index (χ0n) is 9.48. The summed E-state index contributed by atoms with van der Waals surface area (Å²) in [6, 6.07) is 5.20. The summed E-state index contributed by atoms with van der Waals surface area (Å²) in [4.78, 5) is 15.7. The number of aromatic nitrogens is 1. The van der Waals surface area contributed by atoms with Gasteiger partial charge in [-0.3, -0.25) is 9.78 Å². The highest BCUT2D eigenvalue weighted by Crippen LogP contribution is 2.32. The van der Waals surface area contributed by atoms with Crippen LogP contribution >= 0.6 is 0 Å². The molecule has 0 radical (unpaired) electrons. The van der Waals surface area contributed by atoms with E-state index in [1.807, 2.05) is 0 Å². The zero-order valence-corrected chi connectivity index (χ0v) is 9.48. The highest BCUT2D eigenvalue weighted by Gasteiger charge is 2.32. The Hall–Kier alpha value is -2.37. The number of phenolic OH excluding ortho intramolecular Hbond substituents is 1. The zero-order chi connectivity index (χ0) is 14.0. The van der Waals surface area contributed by atoms with Gasteiger partial charge in [-0.25, -0.2) is 0 Å². The van der Waals surface area contributed by atoms with Gasteiger partial charge in [-0.05, 0) is 30.3 Å². The molecule has 2 aromatic rings. The van der Waals surface area contributed by atoms with Crippen molar-refractivity contribution in [3.05, 3.63) is 59.4 Å². The summed E-state index contributed by atoms with van der Waals surface area (Å²) >= 11 is 0. The van der Waals surface area contributed by atoms with E-state index in [0.29, 0.717) is 12.1 Å². The lowest BCUT2D eigenvalue weighted by molar-refractivity contribution is -0.137. The maximum atomic E-state index is 12.6. The summed E-state index contributed by atoms with van der Waals surface area (Å²) in [5.74, 6) is -1.24. The Bertz CT molecular complexity index is 609. The minimum atomic E-state index is -4.62. The van der Waals surface area contributed by atoms with Gasteiger partial charge in [0.1, 0.15) is 5.75 Å². The molecule has 1 N–H and O–H groups in total. The van der Waals surface area contributed by atoms with Crippen LogP contribution in [0.15, 0.2) is 42.7 Å². The van der Waals surface area contributed by atoms with Crippen LogP contribution in [0.3, 0.4) is 0 Å². The molecule has 0 fully saturated rings. The Morgan fingerprint density at radius 2 is 1.89 bits per heavy atom. The fourth-order valence-corrected chi connectivity index (χ4v) is 1.57. The Labute approximate surface area is 106 Å². The topological polar surface area (TPSA) is 50.2 Å². The summed E-state index contributed by atoms with van der Waals surface area (Å²) in [6.07, 6.45) is -1.93. The molecule has 0 aliphatic rings. The maximum absolute atomic E-state index is 12.6.